The molecule has 3 aromatic carbocycles. The van der Waals surface area contributed by atoms with Crippen LogP contribution in [0.1, 0.15) is 26.3 Å². The maximum Gasteiger partial charge on any atom is 0.135 e. The summed E-state index contributed by atoms with van der Waals surface area (Å²) in [5, 5.41) is 5.25. The quantitative estimate of drug-likeness (QED) is 0.260. The van der Waals surface area contributed by atoms with Crippen LogP contribution in [0.15, 0.2) is 83.4 Å². The number of benzene rings is 3. The van der Waals surface area contributed by atoms with Gasteiger partial charge < -0.3 is 4.42 Å². The lowest BCUT2D eigenvalue weighted by Crippen LogP contribution is -2.37. The van der Waals surface area contributed by atoms with Crippen molar-refractivity contribution in [1.82, 2.24) is 4.98 Å². The number of nitrogens with zero attached hydrogens (tertiary/aromatic N) is 1. The lowest BCUT2D eigenvalue weighted by Gasteiger charge is -2.25. The van der Waals surface area contributed by atoms with E-state index in [2.05, 4.69) is 88.9 Å². The molecule has 0 aliphatic carbocycles. The van der Waals surface area contributed by atoms with E-state index in [0.717, 1.165) is 33.6 Å². The monoisotopic (exact) mass is 449 g/mol. The van der Waals surface area contributed by atoms with E-state index in [1.165, 1.54) is 21.5 Å². The summed E-state index contributed by atoms with van der Waals surface area (Å²) in [6, 6.07) is 26.1. The highest BCUT2D eigenvalue weighted by molar-refractivity contribution is 6.88. The Bertz CT molecular complexity index is 1450. The molecule has 2 heterocycles. The molecule has 0 aliphatic rings. The van der Waals surface area contributed by atoms with Gasteiger partial charge in [0, 0.05) is 22.7 Å². The summed E-state index contributed by atoms with van der Waals surface area (Å²) in [5.41, 5.74) is 5.46. The molecular formula is C30H31NOSi. The lowest BCUT2D eigenvalue weighted by molar-refractivity contribution is 0.596. The molecule has 0 spiro atoms. The first kappa shape index (κ1) is 21.7. The van der Waals surface area contributed by atoms with Crippen LogP contribution in [-0.4, -0.2) is 13.1 Å². The van der Waals surface area contributed by atoms with E-state index in [1.807, 2.05) is 30.5 Å². The fraction of sp³-hybridized carbons (Fsp3) is 0.233. The van der Waals surface area contributed by atoms with Crippen LogP contribution < -0.4 is 5.19 Å². The molecule has 0 unspecified atom stereocenters. The summed E-state index contributed by atoms with van der Waals surface area (Å²) in [7, 11) is -1.39. The Morgan fingerprint density at radius 3 is 2.27 bits per heavy atom. The Labute approximate surface area is 197 Å². The maximum atomic E-state index is 6.11. The average molecular weight is 450 g/mol. The molecule has 33 heavy (non-hydrogen) atoms. The van der Waals surface area contributed by atoms with E-state index in [0.29, 0.717) is 0 Å². The van der Waals surface area contributed by atoms with Gasteiger partial charge in [0.2, 0.25) is 0 Å². The molecule has 0 radical (unpaired) electrons. The van der Waals surface area contributed by atoms with Gasteiger partial charge in [-0.1, -0.05) is 82.0 Å². The second-order valence-electron chi connectivity index (χ2n) is 11.0. The minimum atomic E-state index is -1.39. The van der Waals surface area contributed by atoms with Crippen LogP contribution in [0.3, 0.4) is 0 Å². The van der Waals surface area contributed by atoms with Gasteiger partial charge in [0.25, 0.3) is 0 Å². The summed E-state index contributed by atoms with van der Waals surface area (Å²) >= 11 is 0. The smallest absolute Gasteiger partial charge is 0.135 e. The van der Waals surface area contributed by atoms with Crippen molar-refractivity contribution < 1.29 is 4.42 Å². The third-order valence-corrected chi connectivity index (χ3v) is 8.44. The van der Waals surface area contributed by atoms with Crippen molar-refractivity contribution in [3.63, 3.8) is 0 Å². The number of hydrogen-bond acceptors (Lipinski definition) is 2. The third-order valence-electron chi connectivity index (χ3n) is 6.39. The van der Waals surface area contributed by atoms with E-state index in [4.69, 9.17) is 9.40 Å². The molecule has 0 N–H and O–H groups in total. The van der Waals surface area contributed by atoms with Gasteiger partial charge in [-0.2, -0.15) is 0 Å². The number of rotatable bonds is 3. The van der Waals surface area contributed by atoms with Gasteiger partial charge in [0.1, 0.15) is 11.3 Å². The molecule has 0 atom stereocenters. The van der Waals surface area contributed by atoms with Crippen LogP contribution in [0.2, 0.25) is 19.6 Å². The molecule has 0 fully saturated rings. The average Bonchev–Trinajstić information content (AvgIpc) is 3.21. The topological polar surface area (TPSA) is 26.0 Å². The van der Waals surface area contributed by atoms with Crippen LogP contribution in [-0.2, 0) is 5.41 Å². The second-order valence-corrected chi connectivity index (χ2v) is 16.1. The van der Waals surface area contributed by atoms with Crippen LogP contribution in [0, 0.1) is 0 Å². The van der Waals surface area contributed by atoms with Crippen molar-refractivity contribution in [2.45, 2.75) is 45.8 Å². The van der Waals surface area contributed by atoms with Gasteiger partial charge in [-0.05, 0) is 58.1 Å². The Kier molecular flexibility index (Phi) is 5.06. The molecule has 5 rings (SSSR count). The van der Waals surface area contributed by atoms with Crippen LogP contribution in [0.5, 0.6) is 0 Å². The van der Waals surface area contributed by atoms with E-state index in [9.17, 15) is 0 Å². The van der Waals surface area contributed by atoms with E-state index in [-0.39, 0.29) is 5.41 Å². The normalized spacial score (nSPS) is 12.5. The molecule has 3 heteroatoms. The largest absolute Gasteiger partial charge is 0.456 e. The molecular weight excluding hydrogens is 418 g/mol. The first-order valence-electron chi connectivity index (χ1n) is 11.6. The summed E-state index contributed by atoms with van der Waals surface area (Å²) in [4.78, 5) is 4.74. The van der Waals surface area contributed by atoms with E-state index in [1.54, 1.807) is 0 Å². The van der Waals surface area contributed by atoms with Crippen LogP contribution in [0.25, 0.3) is 44.3 Å². The fourth-order valence-corrected chi connectivity index (χ4v) is 5.62. The van der Waals surface area contributed by atoms with Crippen molar-refractivity contribution in [2.75, 3.05) is 0 Å². The van der Waals surface area contributed by atoms with Crippen molar-refractivity contribution in [3.8, 4) is 22.6 Å². The molecule has 0 amide bonds. The van der Waals surface area contributed by atoms with Crippen molar-refractivity contribution >= 4 is 35.0 Å². The highest BCUT2D eigenvalue weighted by Crippen LogP contribution is 2.36. The third kappa shape index (κ3) is 4.14. The predicted octanol–water partition coefficient (Wildman–Crippen LogP) is 8.16. The summed E-state index contributed by atoms with van der Waals surface area (Å²) in [6.07, 6.45) is 1.88. The molecule has 0 saturated heterocycles. The zero-order chi connectivity index (χ0) is 23.4. The molecule has 0 saturated carbocycles. The van der Waals surface area contributed by atoms with Gasteiger partial charge in [-0.25, -0.2) is 0 Å². The minimum absolute atomic E-state index is 0.0304. The number of furan rings is 1. The molecule has 166 valence electrons. The fourth-order valence-electron chi connectivity index (χ4n) is 4.46. The number of pyridine rings is 1. The van der Waals surface area contributed by atoms with Gasteiger partial charge in [0.15, 0.2) is 0 Å². The highest BCUT2D eigenvalue weighted by atomic mass is 28.3. The maximum absolute atomic E-state index is 6.11. The second kappa shape index (κ2) is 7.70. The number of fused-ring (bicyclic) bond motifs is 2. The van der Waals surface area contributed by atoms with Gasteiger partial charge >= 0.3 is 0 Å². The standard InChI is InChI=1S/C30H31NOSi/c1-30(2,3)26-16-23(15-20-11-12-24(19-25(20)26)33(4,5)6)27-17-22(13-14-31-27)29-18-21-9-7-8-10-28(21)32-29/h7-19H,1-6H3. The summed E-state index contributed by atoms with van der Waals surface area (Å²) < 4.78 is 6.11. The van der Waals surface area contributed by atoms with Crippen LogP contribution >= 0.6 is 0 Å². The van der Waals surface area contributed by atoms with Crippen LogP contribution in [0.4, 0.5) is 0 Å². The SMILES string of the molecule is CC(C)(C)c1cc(-c2cc(-c3cc4ccccc4o3)ccn2)cc2ccc([Si](C)(C)C)cc12. The van der Waals surface area contributed by atoms with E-state index < -0.39 is 8.07 Å². The molecule has 0 bridgehead atoms. The Morgan fingerprint density at radius 1 is 0.758 bits per heavy atom. The highest BCUT2D eigenvalue weighted by Gasteiger charge is 2.22. The molecule has 2 nitrogen and oxygen atoms in total. The van der Waals surface area contributed by atoms with E-state index >= 15 is 0 Å². The zero-order valence-corrected chi connectivity index (χ0v) is 21.4. The summed E-state index contributed by atoms with van der Waals surface area (Å²) in [6.45, 7) is 14.1. The number of hydrogen-bond donors (Lipinski definition) is 0. The Balaban J connectivity index is 1.66. The predicted molar refractivity (Wildman–Crippen MR) is 144 cm³/mol. The Hall–Kier alpha value is -3.17. The van der Waals surface area contributed by atoms with Gasteiger partial charge in [-0.3, -0.25) is 4.98 Å². The van der Waals surface area contributed by atoms with Crippen molar-refractivity contribution in [3.05, 3.63) is 84.6 Å². The Morgan fingerprint density at radius 2 is 1.55 bits per heavy atom. The zero-order valence-electron chi connectivity index (χ0n) is 20.4. The van der Waals surface area contributed by atoms with Gasteiger partial charge in [0.05, 0.1) is 13.8 Å². The van der Waals surface area contributed by atoms with Crippen molar-refractivity contribution in [2.24, 2.45) is 0 Å². The molecule has 5 aromatic rings. The lowest BCUT2D eigenvalue weighted by atomic mass is 9.82. The van der Waals surface area contributed by atoms with Gasteiger partial charge in [-0.15, -0.1) is 0 Å². The minimum Gasteiger partial charge on any atom is -0.456 e. The number of para-hydroxylation sites is 1. The first-order chi connectivity index (χ1) is 15.6. The number of aromatic nitrogens is 1. The molecule has 2 aromatic heterocycles. The summed E-state index contributed by atoms with van der Waals surface area (Å²) in [5.74, 6) is 0.872. The molecule has 0 aliphatic heterocycles. The first-order valence-corrected chi connectivity index (χ1v) is 15.1. The van der Waals surface area contributed by atoms with Crippen molar-refractivity contribution in [1.29, 1.82) is 0 Å².